The van der Waals surface area contributed by atoms with Crippen LogP contribution in [0.1, 0.15) is 19.9 Å². The topological polar surface area (TPSA) is 53.0 Å². The number of fused-ring (bicyclic) bond motifs is 1. The Morgan fingerprint density at radius 1 is 1.27 bits per heavy atom. The summed E-state index contributed by atoms with van der Waals surface area (Å²) in [4.78, 5) is 11.9. The molecular formula is C11H15N3O. The number of nitrogens with two attached hydrogens (primary N) is 1. The highest BCUT2D eigenvalue weighted by Crippen LogP contribution is 2.18. The van der Waals surface area contributed by atoms with Crippen molar-refractivity contribution in [2.75, 3.05) is 5.73 Å². The highest BCUT2D eigenvalue weighted by Gasteiger charge is 2.12. The fourth-order valence-corrected chi connectivity index (χ4v) is 1.88. The first kappa shape index (κ1) is 9.83. The second-order valence-corrected chi connectivity index (χ2v) is 4.05. The van der Waals surface area contributed by atoms with Crippen LogP contribution in [0, 0.1) is 0 Å². The summed E-state index contributed by atoms with van der Waals surface area (Å²) in [5.74, 6) is 0. The average Bonchev–Trinajstić information content (AvgIpc) is 2.39. The van der Waals surface area contributed by atoms with Crippen molar-refractivity contribution in [3.8, 4) is 0 Å². The first-order chi connectivity index (χ1) is 7.02. The standard InChI is InChI=1S/C11H15N3O/c1-7(2)14-10-6-8(12)4-5-9(10)13(3)11(14)15/h4-7H,12H2,1-3H3. The Morgan fingerprint density at radius 2 is 1.93 bits per heavy atom. The molecule has 1 aromatic heterocycles. The first-order valence-corrected chi connectivity index (χ1v) is 4.99. The van der Waals surface area contributed by atoms with Crippen LogP contribution in [-0.4, -0.2) is 9.13 Å². The lowest BCUT2D eigenvalue weighted by atomic mass is 10.2. The molecule has 15 heavy (non-hydrogen) atoms. The van der Waals surface area contributed by atoms with Gasteiger partial charge in [0.05, 0.1) is 11.0 Å². The third-order valence-electron chi connectivity index (χ3n) is 2.63. The molecular weight excluding hydrogens is 190 g/mol. The minimum atomic E-state index is 0.00519. The number of hydrogen-bond acceptors (Lipinski definition) is 2. The number of imidazole rings is 1. The Labute approximate surface area is 87.9 Å². The van der Waals surface area contributed by atoms with Gasteiger partial charge in [0.2, 0.25) is 0 Å². The van der Waals surface area contributed by atoms with Crippen molar-refractivity contribution in [2.24, 2.45) is 7.05 Å². The number of anilines is 1. The Morgan fingerprint density at radius 3 is 2.53 bits per heavy atom. The number of hydrogen-bond donors (Lipinski definition) is 1. The van der Waals surface area contributed by atoms with Gasteiger partial charge in [0.1, 0.15) is 0 Å². The predicted molar refractivity (Wildman–Crippen MR) is 62.0 cm³/mol. The molecule has 0 aliphatic rings. The zero-order chi connectivity index (χ0) is 11.2. The normalized spacial score (nSPS) is 11.5. The van der Waals surface area contributed by atoms with E-state index in [9.17, 15) is 4.79 Å². The van der Waals surface area contributed by atoms with Crippen molar-refractivity contribution < 1.29 is 0 Å². The van der Waals surface area contributed by atoms with Crippen molar-refractivity contribution in [2.45, 2.75) is 19.9 Å². The van der Waals surface area contributed by atoms with Gasteiger partial charge in [0.25, 0.3) is 0 Å². The van der Waals surface area contributed by atoms with Crippen LogP contribution in [-0.2, 0) is 7.05 Å². The van der Waals surface area contributed by atoms with E-state index in [-0.39, 0.29) is 11.7 Å². The maximum atomic E-state index is 11.9. The van der Waals surface area contributed by atoms with Gasteiger partial charge in [-0.25, -0.2) is 4.79 Å². The third-order valence-corrected chi connectivity index (χ3v) is 2.63. The Hall–Kier alpha value is -1.71. The molecule has 2 rings (SSSR count). The SMILES string of the molecule is CC(C)n1c(=O)n(C)c2ccc(N)cc21. The second-order valence-electron chi connectivity index (χ2n) is 4.05. The van der Waals surface area contributed by atoms with Gasteiger partial charge in [0.15, 0.2) is 0 Å². The summed E-state index contributed by atoms with van der Waals surface area (Å²) in [6.07, 6.45) is 0. The van der Waals surface area contributed by atoms with Crippen LogP contribution in [0.4, 0.5) is 5.69 Å². The average molecular weight is 205 g/mol. The van der Waals surface area contributed by atoms with Crippen LogP contribution in [0.3, 0.4) is 0 Å². The molecule has 0 aliphatic carbocycles. The molecule has 0 bridgehead atoms. The lowest BCUT2D eigenvalue weighted by Crippen LogP contribution is -2.23. The molecule has 2 aromatic rings. The van der Waals surface area contributed by atoms with Gasteiger partial charge in [-0.3, -0.25) is 9.13 Å². The molecule has 1 heterocycles. The molecule has 0 saturated carbocycles. The number of nitrogens with zero attached hydrogens (tertiary/aromatic N) is 2. The Bertz CT molecular complexity index is 563. The summed E-state index contributed by atoms with van der Waals surface area (Å²) < 4.78 is 3.40. The molecule has 0 atom stereocenters. The number of aromatic nitrogens is 2. The smallest absolute Gasteiger partial charge is 0.329 e. The highest BCUT2D eigenvalue weighted by molar-refractivity contribution is 5.79. The molecule has 4 nitrogen and oxygen atoms in total. The second kappa shape index (κ2) is 3.15. The van der Waals surface area contributed by atoms with E-state index >= 15 is 0 Å². The van der Waals surface area contributed by atoms with Crippen molar-refractivity contribution in [3.05, 3.63) is 28.7 Å². The van der Waals surface area contributed by atoms with E-state index in [2.05, 4.69) is 0 Å². The molecule has 0 spiro atoms. The van der Waals surface area contributed by atoms with Gasteiger partial charge >= 0.3 is 5.69 Å². The number of nitrogen functional groups attached to an aromatic ring is 1. The van der Waals surface area contributed by atoms with E-state index in [4.69, 9.17) is 5.73 Å². The maximum Gasteiger partial charge on any atom is 0.329 e. The van der Waals surface area contributed by atoms with Crippen LogP contribution in [0.5, 0.6) is 0 Å². The van der Waals surface area contributed by atoms with Crippen molar-refractivity contribution in [1.82, 2.24) is 9.13 Å². The van der Waals surface area contributed by atoms with Crippen molar-refractivity contribution in [1.29, 1.82) is 0 Å². The Kier molecular flexibility index (Phi) is 2.07. The van der Waals surface area contributed by atoms with Gasteiger partial charge in [-0.1, -0.05) is 0 Å². The van der Waals surface area contributed by atoms with Crippen LogP contribution < -0.4 is 11.4 Å². The summed E-state index contributed by atoms with van der Waals surface area (Å²) in [5, 5.41) is 0. The van der Waals surface area contributed by atoms with Gasteiger partial charge in [0, 0.05) is 18.8 Å². The predicted octanol–water partition coefficient (Wildman–Crippen LogP) is 1.50. The fourth-order valence-electron chi connectivity index (χ4n) is 1.88. The monoisotopic (exact) mass is 205 g/mol. The van der Waals surface area contributed by atoms with Crippen LogP contribution in [0.15, 0.2) is 23.0 Å². The Balaban J connectivity index is 2.95. The molecule has 2 N–H and O–H groups in total. The first-order valence-electron chi connectivity index (χ1n) is 4.99. The summed E-state index contributed by atoms with van der Waals surface area (Å²) in [6, 6.07) is 5.68. The van der Waals surface area contributed by atoms with Crippen LogP contribution in [0.2, 0.25) is 0 Å². The van der Waals surface area contributed by atoms with Gasteiger partial charge < -0.3 is 5.73 Å². The van der Waals surface area contributed by atoms with Gasteiger partial charge in [-0.2, -0.15) is 0 Å². The highest BCUT2D eigenvalue weighted by atomic mass is 16.1. The summed E-state index contributed by atoms with van der Waals surface area (Å²) >= 11 is 0. The molecule has 0 radical (unpaired) electrons. The number of benzene rings is 1. The molecule has 0 unspecified atom stereocenters. The van der Waals surface area contributed by atoms with E-state index in [1.165, 1.54) is 0 Å². The molecule has 4 heteroatoms. The molecule has 0 fully saturated rings. The maximum absolute atomic E-state index is 11.9. The summed E-state index contributed by atoms with van der Waals surface area (Å²) in [5.41, 5.74) is 8.24. The van der Waals surface area contributed by atoms with E-state index in [0.717, 1.165) is 11.0 Å². The summed E-state index contributed by atoms with van der Waals surface area (Å²) in [6.45, 7) is 3.98. The van der Waals surface area contributed by atoms with E-state index < -0.39 is 0 Å². The molecule has 0 saturated heterocycles. The largest absolute Gasteiger partial charge is 0.399 e. The molecule has 80 valence electrons. The van der Waals surface area contributed by atoms with E-state index in [0.29, 0.717) is 5.69 Å². The van der Waals surface area contributed by atoms with E-state index in [1.54, 1.807) is 16.2 Å². The van der Waals surface area contributed by atoms with Crippen molar-refractivity contribution in [3.63, 3.8) is 0 Å². The van der Waals surface area contributed by atoms with Gasteiger partial charge in [-0.05, 0) is 32.0 Å². The molecule has 1 aromatic carbocycles. The minimum absolute atomic E-state index is 0.00519. The van der Waals surface area contributed by atoms with Crippen LogP contribution >= 0.6 is 0 Å². The fraction of sp³-hybridized carbons (Fsp3) is 0.364. The zero-order valence-corrected chi connectivity index (χ0v) is 9.19. The molecule has 0 amide bonds. The molecule has 0 aliphatic heterocycles. The van der Waals surface area contributed by atoms with Crippen molar-refractivity contribution >= 4 is 16.7 Å². The quantitative estimate of drug-likeness (QED) is 0.717. The minimum Gasteiger partial charge on any atom is -0.399 e. The van der Waals surface area contributed by atoms with Gasteiger partial charge in [-0.15, -0.1) is 0 Å². The van der Waals surface area contributed by atoms with Crippen LogP contribution in [0.25, 0.3) is 11.0 Å². The third kappa shape index (κ3) is 1.33. The lowest BCUT2D eigenvalue weighted by molar-refractivity contribution is 0.583. The summed E-state index contributed by atoms with van der Waals surface area (Å²) in [7, 11) is 1.78. The number of rotatable bonds is 1. The number of aryl methyl sites for hydroxylation is 1. The lowest BCUT2D eigenvalue weighted by Gasteiger charge is -2.06. The zero-order valence-electron chi connectivity index (χ0n) is 9.19. The van der Waals surface area contributed by atoms with E-state index in [1.807, 2.05) is 32.0 Å².